The third-order valence-corrected chi connectivity index (χ3v) is 4.85. The average Bonchev–Trinajstić information content (AvgIpc) is 3.15. The highest BCUT2D eigenvalue weighted by molar-refractivity contribution is 7.99. The summed E-state index contributed by atoms with van der Waals surface area (Å²) in [6.07, 6.45) is 1.82. The lowest BCUT2D eigenvalue weighted by molar-refractivity contribution is -0.119. The van der Waals surface area contributed by atoms with E-state index in [0.29, 0.717) is 11.0 Å². The number of hydrogen-bond donors (Lipinski definition) is 1. The van der Waals surface area contributed by atoms with Crippen LogP contribution in [0.4, 0.5) is 0 Å². The Bertz CT molecular complexity index is 801. The predicted molar refractivity (Wildman–Crippen MR) is 90.5 cm³/mol. The zero-order valence-corrected chi connectivity index (χ0v) is 13.3. The smallest absolute Gasteiger partial charge is 0.257 e. The van der Waals surface area contributed by atoms with Crippen molar-refractivity contribution in [3.63, 3.8) is 0 Å². The molecule has 0 radical (unpaired) electrons. The number of hydrogen-bond acceptors (Lipinski definition) is 4. The molecule has 0 atom stereocenters. The molecule has 3 aromatic rings. The molecule has 0 spiro atoms. The third-order valence-electron chi connectivity index (χ3n) is 4.02. The molecular formula is C18H16N2O2S. The van der Waals surface area contributed by atoms with Crippen LogP contribution >= 0.6 is 11.8 Å². The van der Waals surface area contributed by atoms with Crippen LogP contribution in [0.3, 0.4) is 0 Å². The molecule has 4 rings (SSSR count). The normalized spacial score (nSPS) is 14.1. The maximum Gasteiger partial charge on any atom is 0.257 e. The fourth-order valence-corrected chi connectivity index (χ4v) is 3.62. The van der Waals surface area contributed by atoms with Gasteiger partial charge in [0.15, 0.2) is 5.58 Å². The van der Waals surface area contributed by atoms with E-state index in [9.17, 15) is 4.79 Å². The van der Waals surface area contributed by atoms with E-state index in [-0.39, 0.29) is 11.9 Å². The van der Waals surface area contributed by atoms with Crippen LogP contribution in [0.2, 0.25) is 0 Å². The van der Waals surface area contributed by atoms with E-state index in [0.717, 1.165) is 23.9 Å². The van der Waals surface area contributed by atoms with E-state index in [4.69, 9.17) is 4.42 Å². The fourth-order valence-electron chi connectivity index (χ4n) is 2.97. The minimum absolute atomic E-state index is 0.0232. The van der Waals surface area contributed by atoms with E-state index in [1.807, 2.05) is 36.4 Å². The molecule has 1 aliphatic rings. The first-order valence-corrected chi connectivity index (χ1v) is 8.61. The zero-order valence-electron chi connectivity index (χ0n) is 12.5. The zero-order chi connectivity index (χ0) is 15.6. The van der Waals surface area contributed by atoms with Crippen molar-refractivity contribution in [2.75, 3.05) is 5.75 Å². The molecule has 0 saturated heterocycles. The fraction of sp³-hybridized carbons (Fsp3) is 0.222. The summed E-state index contributed by atoms with van der Waals surface area (Å²) in [5, 5.41) is 3.64. The summed E-state index contributed by atoms with van der Waals surface area (Å²) in [4.78, 5) is 16.5. The Balaban J connectivity index is 1.32. The SMILES string of the molecule is O=C(CSc1nc2ccccc2o1)NC1Cc2ccccc2C1. The molecule has 0 fully saturated rings. The van der Waals surface area contributed by atoms with Gasteiger partial charge in [-0.2, -0.15) is 0 Å². The Kier molecular flexibility index (Phi) is 3.79. The van der Waals surface area contributed by atoms with Gasteiger partial charge < -0.3 is 9.73 Å². The van der Waals surface area contributed by atoms with Gasteiger partial charge in [-0.3, -0.25) is 4.79 Å². The Hall–Kier alpha value is -2.27. The van der Waals surface area contributed by atoms with E-state index in [1.165, 1.54) is 22.9 Å². The summed E-state index contributed by atoms with van der Waals surface area (Å²) in [5.41, 5.74) is 4.25. The second-order valence-electron chi connectivity index (χ2n) is 5.68. The van der Waals surface area contributed by atoms with E-state index < -0.39 is 0 Å². The van der Waals surface area contributed by atoms with Crippen molar-refractivity contribution in [2.45, 2.75) is 24.1 Å². The van der Waals surface area contributed by atoms with Gasteiger partial charge in [-0.05, 0) is 36.1 Å². The van der Waals surface area contributed by atoms with Crippen molar-refractivity contribution < 1.29 is 9.21 Å². The molecule has 1 N–H and O–H groups in total. The Labute approximate surface area is 138 Å². The van der Waals surface area contributed by atoms with Gasteiger partial charge in [0.25, 0.3) is 5.22 Å². The first kappa shape index (κ1) is 14.3. The van der Waals surface area contributed by atoms with E-state index >= 15 is 0 Å². The van der Waals surface area contributed by atoms with Crippen molar-refractivity contribution in [1.29, 1.82) is 0 Å². The van der Waals surface area contributed by atoms with Gasteiger partial charge in [0.05, 0.1) is 5.75 Å². The maximum atomic E-state index is 12.1. The quantitative estimate of drug-likeness (QED) is 0.749. The largest absolute Gasteiger partial charge is 0.431 e. The van der Waals surface area contributed by atoms with Gasteiger partial charge in [0.1, 0.15) is 5.52 Å². The predicted octanol–water partition coefficient (Wildman–Crippen LogP) is 3.20. The molecule has 1 aromatic heterocycles. The lowest BCUT2D eigenvalue weighted by atomic mass is 10.1. The number of benzene rings is 2. The highest BCUT2D eigenvalue weighted by Gasteiger charge is 2.22. The number of thioether (sulfide) groups is 1. The minimum Gasteiger partial charge on any atom is -0.431 e. The molecule has 1 aliphatic carbocycles. The highest BCUT2D eigenvalue weighted by Crippen LogP contribution is 2.24. The van der Waals surface area contributed by atoms with Crippen molar-refractivity contribution in [3.05, 3.63) is 59.7 Å². The highest BCUT2D eigenvalue weighted by atomic mass is 32.2. The van der Waals surface area contributed by atoms with Crippen LogP contribution in [0.1, 0.15) is 11.1 Å². The molecular weight excluding hydrogens is 308 g/mol. The molecule has 2 aromatic carbocycles. The van der Waals surface area contributed by atoms with Gasteiger partial charge in [0.2, 0.25) is 5.91 Å². The first-order valence-electron chi connectivity index (χ1n) is 7.62. The molecule has 5 heteroatoms. The number of carbonyl (C=O) groups is 1. The molecule has 0 unspecified atom stereocenters. The molecule has 23 heavy (non-hydrogen) atoms. The number of oxazole rings is 1. The average molecular weight is 324 g/mol. The molecule has 1 amide bonds. The molecule has 0 saturated carbocycles. The van der Waals surface area contributed by atoms with Crippen molar-refractivity contribution in [2.24, 2.45) is 0 Å². The second kappa shape index (κ2) is 6.08. The van der Waals surface area contributed by atoms with Crippen LogP contribution in [0, 0.1) is 0 Å². The monoisotopic (exact) mass is 324 g/mol. The Morgan fingerprint density at radius 1 is 1.13 bits per heavy atom. The van der Waals surface area contributed by atoms with Gasteiger partial charge >= 0.3 is 0 Å². The van der Waals surface area contributed by atoms with Gasteiger partial charge in [-0.15, -0.1) is 0 Å². The number of para-hydroxylation sites is 2. The summed E-state index contributed by atoms with van der Waals surface area (Å²) in [6.45, 7) is 0. The molecule has 0 aliphatic heterocycles. The molecule has 116 valence electrons. The van der Waals surface area contributed by atoms with Crippen LogP contribution in [-0.4, -0.2) is 22.7 Å². The van der Waals surface area contributed by atoms with Crippen LogP contribution in [0.5, 0.6) is 0 Å². The first-order chi connectivity index (χ1) is 11.3. The number of nitrogens with zero attached hydrogens (tertiary/aromatic N) is 1. The maximum absolute atomic E-state index is 12.1. The topological polar surface area (TPSA) is 55.1 Å². The number of rotatable bonds is 4. The summed E-state index contributed by atoms with van der Waals surface area (Å²) >= 11 is 1.33. The minimum atomic E-state index is 0.0232. The van der Waals surface area contributed by atoms with Crippen molar-refractivity contribution in [1.82, 2.24) is 10.3 Å². The van der Waals surface area contributed by atoms with Crippen molar-refractivity contribution >= 4 is 28.8 Å². The Morgan fingerprint density at radius 2 is 1.83 bits per heavy atom. The number of aromatic nitrogens is 1. The van der Waals surface area contributed by atoms with Crippen LogP contribution in [0.15, 0.2) is 58.2 Å². The van der Waals surface area contributed by atoms with Gasteiger partial charge in [0, 0.05) is 6.04 Å². The molecule has 0 bridgehead atoms. The van der Waals surface area contributed by atoms with Crippen molar-refractivity contribution in [3.8, 4) is 0 Å². The summed E-state index contributed by atoms with van der Waals surface area (Å²) in [6, 6.07) is 16.2. The lowest BCUT2D eigenvalue weighted by Gasteiger charge is -2.11. The van der Waals surface area contributed by atoms with Crippen LogP contribution < -0.4 is 5.32 Å². The molecule has 4 nitrogen and oxygen atoms in total. The summed E-state index contributed by atoms with van der Waals surface area (Å²) in [5.74, 6) is 0.342. The van der Waals surface area contributed by atoms with Crippen LogP contribution in [0.25, 0.3) is 11.1 Å². The number of carbonyl (C=O) groups excluding carboxylic acids is 1. The third kappa shape index (κ3) is 3.10. The lowest BCUT2D eigenvalue weighted by Crippen LogP contribution is -2.36. The van der Waals surface area contributed by atoms with Gasteiger partial charge in [-0.25, -0.2) is 4.98 Å². The Morgan fingerprint density at radius 3 is 2.57 bits per heavy atom. The van der Waals surface area contributed by atoms with E-state index in [1.54, 1.807) is 0 Å². The summed E-state index contributed by atoms with van der Waals surface area (Å²) < 4.78 is 5.61. The summed E-state index contributed by atoms with van der Waals surface area (Å²) in [7, 11) is 0. The number of fused-ring (bicyclic) bond motifs is 2. The second-order valence-corrected chi connectivity index (χ2v) is 6.60. The van der Waals surface area contributed by atoms with Crippen LogP contribution in [-0.2, 0) is 17.6 Å². The van der Waals surface area contributed by atoms with E-state index in [2.05, 4.69) is 22.4 Å². The number of nitrogens with one attached hydrogen (secondary N) is 1. The molecule has 1 heterocycles. The van der Waals surface area contributed by atoms with Gasteiger partial charge in [-0.1, -0.05) is 48.2 Å². The standard InChI is InChI=1S/C18H16N2O2S/c21-17(19-14-9-12-5-1-2-6-13(12)10-14)11-23-18-20-15-7-3-4-8-16(15)22-18/h1-8,14H,9-11H2,(H,19,21). The number of amides is 1.